The summed E-state index contributed by atoms with van der Waals surface area (Å²) in [4.78, 5) is 15.2. The average Bonchev–Trinajstić information content (AvgIpc) is 3.35. The van der Waals surface area contributed by atoms with Crippen LogP contribution in [0.5, 0.6) is 5.75 Å². The first kappa shape index (κ1) is 14.9. The van der Waals surface area contributed by atoms with E-state index in [4.69, 9.17) is 4.74 Å². The van der Waals surface area contributed by atoms with Gasteiger partial charge in [-0.3, -0.25) is 4.79 Å². The molecule has 0 bridgehead atoms. The molecule has 3 fully saturated rings. The first-order valence-corrected chi connectivity index (χ1v) is 9.56. The molecule has 128 valence electrons. The van der Waals surface area contributed by atoms with Crippen molar-refractivity contribution < 1.29 is 9.53 Å². The lowest BCUT2D eigenvalue weighted by Crippen LogP contribution is -2.59. The molecule has 0 spiro atoms. The van der Waals surface area contributed by atoms with Crippen LogP contribution in [0.1, 0.15) is 49.7 Å². The molecule has 1 heterocycles. The molecular formula is C21H27NO2. The number of hydrogen-bond acceptors (Lipinski definition) is 3. The monoisotopic (exact) mass is 325 g/mol. The Morgan fingerprint density at radius 2 is 2.12 bits per heavy atom. The second-order valence-electron chi connectivity index (χ2n) is 8.71. The van der Waals surface area contributed by atoms with E-state index in [1.165, 1.54) is 37.1 Å². The van der Waals surface area contributed by atoms with Crippen LogP contribution in [0.2, 0.25) is 0 Å². The van der Waals surface area contributed by atoms with Crippen LogP contribution in [0.25, 0.3) is 0 Å². The van der Waals surface area contributed by atoms with E-state index in [0.29, 0.717) is 5.78 Å². The average molecular weight is 325 g/mol. The van der Waals surface area contributed by atoms with Crippen LogP contribution in [0, 0.1) is 11.3 Å². The van der Waals surface area contributed by atoms with Crippen LogP contribution in [0.15, 0.2) is 18.2 Å². The summed E-state index contributed by atoms with van der Waals surface area (Å²) in [6.45, 7) is 3.63. The molecule has 0 N–H and O–H groups in total. The van der Waals surface area contributed by atoms with Gasteiger partial charge in [0.2, 0.25) is 0 Å². The van der Waals surface area contributed by atoms with E-state index in [0.717, 1.165) is 50.3 Å². The summed E-state index contributed by atoms with van der Waals surface area (Å²) in [6, 6.07) is 6.60. The van der Waals surface area contributed by atoms with Crippen LogP contribution in [0.4, 0.5) is 0 Å². The van der Waals surface area contributed by atoms with Gasteiger partial charge in [0.1, 0.15) is 11.5 Å². The molecule has 2 saturated carbocycles. The summed E-state index contributed by atoms with van der Waals surface area (Å²) < 4.78 is 5.51. The quantitative estimate of drug-likeness (QED) is 0.853. The third-order valence-electron chi connectivity index (χ3n) is 7.35. The molecule has 24 heavy (non-hydrogen) atoms. The standard InChI is InChI=1S/C21H27NO2/c1-24-18-5-4-16-11-20-7-6-17(23)12-21(20,19(16)10-18)8-9-22(14-20)13-15-2-3-15/h4-5,10,15H,2-3,6-9,11-14H2,1H3. The number of rotatable bonds is 3. The zero-order chi connectivity index (χ0) is 16.4. The zero-order valence-electron chi connectivity index (χ0n) is 14.6. The van der Waals surface area contributed by atoms with Crippen molar-refractivity contribution in [3.8, 4) is 5.75 Å². The Labute approximate surface area is 144 Å². The number of methoxy groups -OCH3 is 1. The van der Waals surface area contributed by atoms with Crippen LogP contribution >= 0.6 is 0 Å². The Kier molecular flexibility index (Phi) is 3.16. The lowest BCUT2D eigenvalue weighted by molar-refractivity contribution is -0.129. The number of carbonyl (C=O) groups excluding carboxylic acids is 1. The predicted octanol–water partition coefficient (Wildman–Crippen LogP) is 3.34. The van der Waals surface area contributed by atoms with Gasteiger partial charge in [-0.25, -0.2) is 0 Å². The normalized spacial score (nSPS) is 35.3. The van der Waals surface area contributed by atoms with Crippen molar-refractivity contribution in [2.45, 2.75) is 50.4 Å². The largest absolute Gasteiger partial charge is 0.497 e. The SMILES string of the molecule is COc1ccc2c(c1)C13CCN(CC4CC4)CC1(CCC(=O)C3)C2. The summed E-state index contributed by atoms with van der Waals surface area (Å²) in [7, 11) is 1.74. The minimum absolute atomic E-state index is 0.0757. The highest BCUT2D eigenvalue weighted by atomic mass is 16.5. The minimum Gasteiger partial charge on any atom is -0.497 e. The van der Waals surface area contributed by atoms with Gasteiger partial charge >= 0.3 is 0 Å². The molecule has 0 aromatic heterocycles. The second-order valence-corrected chi connectivity index (χ2v) is 8.71. The molecule has 0 amide bonds. The maximum atomic E-state index is 12.4. The lowest BCUT2D eigenvalue weighted by atomic mass is 9.53. The van der Waals surface area contributed by atoms with E-state index in [1.807, 2.05) is 0 Å². The Hall–Kier alpha value is -1.35. The highest BCUT2D eigenvalue weighted by molar-refractivity contribution is 5.82. The van der Waals surface area contributed by atoms with E-state index in [9.17, 15) is 4.79 Å². The molecular weight excluding hydrogens is 298 g/mol. The van der Waals surface area contributed by atoms with Crippen molar-refractivity contribution in [2.24, 2.45) is 11.3 Å². The minimum atomic E-state index is 0.0757. The molecule has 3 aliphatic carbocycles. The molecule has 1 aromatic carbocycles. The molecule has 1 aliphatic heterocycles. The maximum Gasteiger partial charge on any atom is 0.133 e. The van der Waals surface area contributed by atoms with E-state index < -0.39 is 0 Å². The van der Waals surface area contributed by atoms with Gasteiger partial charge < -0.3 is 9.64 Å². The number of ether oxygens (including phenoxy) is 1. The number of carbonyl (C=O) groups is 1. The van der Waals surface area contributed by atoms with Gasteiger partial charge in [0, 0.05) is 31.3 Å². The molecule has 5 rings (SSSR count). The number of benzene rings is 1. The predicted molar refractivity (Wildman–Crippen MR) is 93.4 cm³/mol. The number of hydrogen-bond donors (Lipinski definition) is 0. The van der Waals surface area contributed by atoms with Gasteiger partial charge in [-0.05, 0) is 73.2 Å². The van der Waals surface area contributed by atoms with Crippen molar-refractivity contribution in [2.75, 3.05) is 26.7 Å². The van der Waals surface area contributed by atoms with E-state index in [-0.39, 0.29) is 10.8 Å². The fraction of sp³-hybridized carbons (Fsp3) is 0.667. The second kappa shape index (κ2) is 5.08. The van der Waals surface area contributed by atoms with Crippen LogP contribution in [-0.2, 0) is 16.6 Å². The highest BCUT2D eigenvalue weighted by Crippen LogP contribution is 2.63. The summed E-state index contributed by atoms with van der Waals surface area (Å²) in [5.41, 5.74) is 3.26. The first-order chi connectivity index (χ1) is 11.6. The number of piperidine rings is 1. The van der Waals surface area contributed by atoms with Gasteiger partial charge in [0.15, 0.2) is 0 Å². The molecule has 1 aromatic rings. The third-order valence-corrected chi connectivity index (χ3v) is 7.35. The van der Waals surface area contributed by atoms with Gasteiger partial charge in [-0.15, -0.1) is 0 Å². The van der Waals surface area contributed by atoms with Crippen molar-refractivity contribution >= 4 is 5.78 Å². The van der Waals surface area contributed by atoms with Gasteiger partial charge in [0.05, 0.1) is 7.11 Å². The van der Waals surface area contributed by atoms with E-state index in [1.54, 1.807) is 7.11 Å². The number of Topliss-reactive ketones (excluding diaryl/α,β-unsaturated/α-hetero) is 1. The lowest BCUT2D eigenvalue weighted by Gasteiger charge is -2.56. The molecule has 0 radical (unpaired) electrons. The number of likely N-dealkylation sites (tertiary alicyclic amines) is 1. The number of ketones is 1. The maximum absolute atomic E-state index is 12.4. The fourth-order valence-electron chi connectivity index (χ4n) is 5.97. The fourth-order valence-corrected chi connectivity index (χ4v) is 5.97. The van der Waals surface area contributed by atoms with Crippen molar-refractivity contribution in [3.05, 3.63) is 29.3 Å². The van der Waals surface area contributed by atoms with Gasteiger partial charge in [-0.2, -0.15) is 0 Å². The van der Waals surface area contributed by atoms with E-state index in [2.05, 4.69) is 23.1 Å². The van der Waals surface area contributed by atoms with Crippen LogP contribution in [-0.4, -0.2) is 37.4 Å². The summed E-state index contributed by atoms with van der Waals surface area (Å²) in [5.74, 6) is 2.36. The van der Waals surface area contributed by atoms with Crippen LogP contribution < -0.4 is 4.74 Å². The molecule has 2 unspecified atom stereocenters. The third kappa shape index (κ3) is 2.03. The van der Waals surface area contributed by atoms with Crippen LogP contribution in [0.3, 0.4) is 0 Å². The molecule has 3 nitrogen and oxygen atoms in total. The molecule has 3 heteroatoms. The molecule has 1 saturated heterocycles. The highest BCUT2D eigenvalue weighted by Gasteiger charge is 2.62. The smallest absolute Gasteiger partial charge is 0.133 e. The van der Waals surface area contributed by atoms with Gasteiger partial charge in [0.25, 0.3) is 0 Å². The topological polar surface area (TPSA) is 29.5 Å². The zero-order valence-corrected chi connectivity index (χ0v) is 14.6. The summed E-state index contributed by atoms with van der Waals surface area (Å²) >= 11 is 0. The van der Waals surface area contributed by atoms with E-state index >= 15 is 0 Å². The Bertz CT molecular complexity index is 695. The van der Waals surface area contributed by atoms with Crippen molar-refractivity contribution in [1.82, 2.24) is 4.90 Å². The Morgan fingerprint density at radius 3 is 2.92 bits per heavy atom. The molecule has 2 atom stereocenters. The Balaban J connectivity index is 1.56. The summed E-state index contributed by atoms with van der Waals surface area (Å²) in [5, 5.41) is 0. The molecule has 4 aliphatic rings. The van der Waals surface area contributed by atoms with Gasteiger partial charge in [-0.1, -0.05) is 6.07 Å². The Morgan fingerprint density at radius 1 is 1.25 bits per heavy atom. The number of fused-ring (bicyclic) bond motifs is 1. The first-order valence-electron chi connectivity index (χ1n) is 9.56. The number of nitrogens with zero attached hydrogens (tertiary/aromatic N) is 1. The summed E-state index contributed by atoms with van der Waals surface area (Å²) in [6.07, 6.45) is 7.75. The van der Waals surface area contributed by atoms with Crippen molar-refractivity contribution in [1.29, 1.82) is 0 Å². The van der Waals surface area contributed by atoms with Crippen molar-refractivity contribution in [3.63, 3.8) is 0 Å².